The smallest absolute Gasteiger partial charge is 0.242 e. The summed E-state index contributed by atoms with van der Waals surface area (Å²) in [5, 5.41) is 0.241. The van der Waals surface area contributed by atoms with E-state index in [0.717, 1.165) is 31.2 Å². The molecule has 0 bridgehead atoms. The van der Waals surface area contributed by atoms with Crippen LogP contribution in [0.1, 0.15) is 50.5 Å². The highest BCUT2D eigenvalue weighted by Gasteiger charge is 2.23. The van der Waals surface area contributed by atoms with E-state index in [1.807, 2.05) is 0 Å². The van der Waals surface area contributed by atoms with Crippen molar-refractivity contribution in [3.8, 4) is 0 Å². The maximum Gasteiger partial charge on any atom is 0.242 e. The molecule has 1 aliphatic carbocycles. The zero-order chi connectivity index (χ0) is 15.3. The Bertz CT molecular complexity index is 567. The van der Waals surface area contributed by atoms with E-state index in [2.05, 4.69) is 4.72 Å². The lowest BCUT2D eigenvalue weighted by Gasteiger charge is -2.21. The van der Waals surface area contributed by atoms with Crippen LogP contribution in [0.25, 0.3) is 0 Å². The Labute approximate surface area is 132 Å². The van der Waals surface area contributed by atoms with E-state index in [-0.39, 0.29) is 16.0 Å². The highest BCUT2D eigenvalue weighted by Crippen LogP contribution is 2.24. The second kappa shape index (κ2) is 7.58. The summed E-state index contributed by atoms with van der Waals surface area (Å²) >= 11 is 6.05. The second-order valence-corrected chi connectivity index (χ2v) is 7.72. The molecule has 1 aromatic rings. The molecular weight excluding hydrogens is 308 g/mol. The topological polar surface area (TPSA) is 72.2 Å². The van der Waals surface area contributed by atoms with Crippen LogP contribution in [0.15, 0.2) is 23.1 Å². The third-order valence-corrected chi connectivity index (χ3v) is 5.95. The van der Waals surface area contributed by atoms with Gasteiger partial charge in [-0.05, 0) is 30.5 Å². The van der Waals surface area contributed by atoms with E-state index in [0.29, 0.717) is 6.54 Å². The lowest BCUT2D eigenvalue weighted by Crippen LogP contribution is -2.35. The van der Waals surface area contributed by atoms with Crippen LogP contribution in [0, 0.1) is 0 Å². The summed E-state index contributed by atoms with van der Waals surface area (Å²) in [6, 6.07) is 4.91. The lowest BCUT2D eigenvalue weighted by molar-refractivity contribution is 0.426. The van der Waals surface area contributed by atoms with Gasteiger partial charge in [-0.2, -0.15) is 0 Å². The van der Waals surface area contributed by atoms with E-state index >= 15 is 0 Å². The van der Waals surface area contributed by atoms with Crippen molar-refractivity contribution in [1.29, 1.82) is 0 Å². The zero-order valence-corrected chi connectivity index (χ0v) is 13.7. The first-order valence-electron chi connectivity index (χ1n) is 7.54. The number of nitrogens with two attached hydrogens (primary N) is 1. The minimum atomic E-state index is -3.59. The van der Waals surface area contributed by atoms with Gasteiger partial charge in [0.05, 0.1) is 5.02 Å². The van der Waals surface area contributed by atoms with Crippen molar-refractivity contribution in [2.45, 2.75) is 62.4 Å². The molecule has 1 saturated carbocycles. The molecule has 0 aromatic heterocycles. The molecule has 0 atom stereocenters. The summed E-state index contributed by atoms with van der Waals surface area (Å²) < 4.78 is 27.9. The predicted molar refractivity (Wildman–Crippen MR) is 85.8 cm³/mol. The quantitative estimate of drug-likeness (QED) is 0.890. The van der Waals surface area contributed by atoms with Crippen molar-refractivity contribution in [2.24, 2.45) is 5.73 Å². The first-order chi connectivity index (χ1) is 10.0. The summed E-state index contributed by atoms with van der Waals surface area (Å²) in [5.41, 5.74) is 6.34. The van der Waals surface area contributed by atoms with Crippen molar-refractivity contribution >= 4 is 21.6 Å². The molecule has 6 heteroatoms. The fraction of sp³-hybridized carbons (Fsp3) is 0.600. The van der Waals surface area contributed by atoms with Gasteiger partial charge in [0.1, 0.15) is 4.90 Å². The fourth-order valence-electron chi connectivity index (χ4n) is 2.74. The van der Waals surface area contributed by atoms with Gasteiger partial charge in [-0.25, -0.2) is 13.1 Å². The molecule has 0 radical (unpaired) electrons. The predicted octanol–water partition coefficient (Wildman–Crippen LogP) is 3.19. The molecule has 0 spiro atoms. The number of nitrogens with one attached hydrogen (secondary N) is 1. The molecule has 0 saturated heterocycles. The second-order valence-electron chi connectivity index (χ2n) is 5.63. The van der Waals surface area contributed by atoms with E-state index in [4.69, 9.17) is 17.3 Å². The number of hydrogen-bond donors (Lipinski definition) is 2. The average molecular weight is 331 g/mol. The SMILES string of the molecule is NCc1ccc(Cl)c(S(=O)(=O)NC2CCCCCCC2)c1. The Hall–Kier alpha value is -0.620. The van der Waals surface area contributed by atoms with Gasteiger partial charge in [0.2, 0.25) is 10.0 Å². The molecule has 0 unspecified atom stereocenters. The number of rotatable bonds is 4. The van der Waals surface area contributed by atoms with Gasteiger partial charge in [-0.15, -0.1) is 0 Å². The molecule has 118 valence electrons. The van der Waals surface area contributed by atoms with Crippen LogP contribution in [0.2, 0.25) is 5.02 Å². The van der Waals surface area contributed by atoms with Gasteiger partial charge >= 0.3 is 0 Å². The van der Waals surface area contributed by atoms with Gasteiger partial charge in [0, 0.05) is 12.6 Å². The first-order valence-corrected chi connectivity index (χ1v) is 9.40. The van der Waals surface area contributed by atoms with Gasteiger partial charge in [0.25, 0.3) is 0 Å². The third kappa shape index (κ3) is 4.68. The monoisotopic (exact) mass is 330 g/mol. The molecular formula is C15H23ClN2O2S. The largest absolute Gasteiger partial charge is 0.326 e. The van der Waals surface area contributed by atoms with Gasteiger partial charge in [-0.3, -0.25) is 0 Å². The Morgan fingerprint density at radius 2 is 1.76 bits per heavy atom. The summed E-state index contributed by atoms with van der Waals surface area (Å²) in [7, 11) is -3.59. The van der Waals surface area contributed by atoms with Crippen LogP contribution in [0.5, 0.6) is 0 Å². The molecule has 1 fully saturated rings. The van der Waals surface area contributed by atoms with Crippen molar-refractivity contribution < 1.29 is 8.42 Å². The van der Waals surface area contributed by atoms with Gasteiger partial charge in [-0.1, -0.05) is 49.8 Å². The maximum atomic E-state index is 12.6. The van der Waals surface area contributed by atoms with Crippen LogP contribution in [-0.4, -0.2) is 14.5 Å². The molecule has 1 aromatic carbocycles. The van der Waals surface area contributed by atoms with E-state index in [1.165, 1.54) is 19.3 Å². The molecule has 1 aliphatic rings. The lowest BCUT2D eigenvalue weighted by atomic mass is 9.97. The van der Waals surface area contributed by atoms with Gasteiger partial charge < -0.3 is 5.73 Å². The first kappa shape index (κ1) is 16.7. The zero-order valence-electron chi connectivity index (χ0n) is 12.1. The summed E-state index contributed by atoms with van der Waals surface area (Å²) in [4.78, 5) is 0.133. The highest BCUT2D eigenvalue weighted by atomic mass is 35.5. The van der Waals surface area contributed by atoms with Crippen molar-refractivity contribution in [1.82, 2.24) is 4.72 Å². The summed E-state index contributed by atoms with van der Waals surface area (Å²) in [6.45, 7) is 0.295. The molecule has 3 N–H and O–H groups in total. The summed E-state index contributed by atoms with van der Waals surface area (Å²) in [6.07, 6.45) is 7.56. The molecule has 4 nitrogen and oxygen atoms in total. The van der Waals surface area contributed by atoms with Crippen molar-refractivity contribution in [2.75, 3.05) is 0 Å². The molecule has 0 heterocycles. The third-order valence-electron chi connectivity index (χ3n) is 3.95. The van der Waals surface area contributed by atoms with Crippen molar-refractivity contribution in [3.05, 3.63) is 28.8 Å². The molecule has 0 aliphatic heterocycles. The highest BCUT2D eigenvalue weighted by molar-refractivity contribution is 7.89. The van der Waals surface area contributed by atoms with Crippen LogP contribution in [0.4, 0.5) is 0 Å². The summed E-state index contributed by atoms with van der Waals surface area (Å²) in [5.74, 6) is 0. The van der Waals surface area contributed by atoms with E-state index in [1.54, 1.807) is 18.2 Å². The minimum Gasteiger partial charge on any atom is -0.326 e. The number of halogens is 1. The molecule has 0 amide bonds. The standard InChI is InChI=1S/C15H23ClN2O2S/c16-14-9-8-12(11-17)10-15(14)21(19,20)18-13-6-4-2-1-3-5-7-13/h8-10,13,18H,1-7,11,17H2. The van der Waals surface area contributed by atoms with E-state index in [9.17, 15) is 8.42 Å². The Balaban J connectivity index is 2.17. The Morgan fingerprint density at radius 1 is 1.14 bits per heavy atom. The average Bonchev–Trinajstić information content (AvgIpc) is 2.42. The Kier molecular flexibility index (Phi) is 6.05. The van der Waals surface area contributed by atoms with Crippen LogP contribution < -0.4 is 10.5 Å². The van der Waals surface area contributed by atoms with E-state index < -0.39 is 10.0 Å². The van der Waals surface area contributed by atoms with Crippen LogP contribution in [-0.2, 0) is 16.6 Å². The number of hydrogen-bond acceptors (Lipinski definition) is 3. The van der Waals surface area contributed by atoms with Crippen molar-refractivity contribution in [3.63, 3.8) is 0 Å². The van der Waals surface area contributed by atoms with Crippen LogP contribution in [0.3, 0.4) is 0 Å². The van der Waals surface area contributed by atoms with Crippen LogP contribution >= 0.6 is 11.6 Å². The molecule has 21 heavy (non-hydrogen) atoms. The van der Waals surface area contributed by atoms with Gasteiger partial charge in [0.15, 0.2) is 0 Å². The molecule has 2 rings (SSSR count). The fourth-order valence-corrected chi connectivity index (χ4v) is 4.59. The number of sulfonamides is 1. The maximum absolute atomic E-state index is 12.6. The number of benzene rings is 1. The Morgan fingerprint density at radius 3 is 2.38 bits per heavy atom. The normalized spacial score (nSPS) is 18.2. The minimum absolute atomic E-state index is 0.00731.